The molecule has 0 N–H and O–H groups in total. The molecule has 1 fully saturated rings. The summed E-state index contributed by atoms with van der Waals surface area (Å²) < 4.78 is 10.4. The van der Waals surface area contributed by atoms with Crippen LogP contribution in [0.4, 0.5) is 0 Å². The van der Waals surface area contributed by atoms with Crippen molar-refractivity contribution < 1.29 is 14.2 Å². The van der Waals surface area contributed by atoms with Gasteiger partial charge in [0.15, 0.2) is 0 Å². The number of unbranched alkanes of at least 4 members (excludes halogenated alkanes) is 1. The number of likely N-dealkylation sites (tertiary alicyclic amines) is 1. The molecule has 1 aromatic rings. The number of carbonyl (C=O) groups excluding carboxylic acids is 1. The molecule has 1 saturated heterocycles. The van der Waals surface area contributed by atoms with Crippen LogP contribution in [-0.4, -0.2) is 39.1 Å². The fourth-order valence-electron chi connectivity index (χ4n) is 3.86. The van der Waals surface area contributed by atoms with Crippen molar-refractivity contribution in [3.05, 3.63) is 29.8 Å². The number of benzene rings is 1. The van der Waals surface area contributed by atoms with Crippen molar-refractivity contribution in [3.63, 3.8) is 0 Å². The summed E-state index contributed by atoms with van der Waals surface area (Å²) in [6.45, 7) is 4.35. The maximum atomic E-state index is 12.0. The second-order valence-electron chi connectivity index (χ2n) is 6.98. The Morgan fingerprint density at radius 1 is 1.36 bits per heavy atom. The second kappa shape index (κ2) is 10.5. The summed E-state index contributed by atoms with van der Waals surface area (Å²) in [4.78, 5) is 14.5. The average Bonchev–Trinajstić information content (AvgIpc) is 3.12. The molecule has 2 rings (SSSR count). The molecular formula is C20H32BNO3. The summed E-state index contributed by atoms with van der Waals surface area (Å²) >= 11 is 0. The highest BCUT2D eigenvalue weighted by Crippen LogP contribution is 2.33. The van der Waals surface area contributed by atoms with E-state index in [9.17, 15) is 4.79 Å². The Balaban J connectivity index is 1.88. The lowest BCUT2D eigenvalue weighted by Gasteiger charge is -2.26. The third-order valence-electron chi connectivity index (χ3n) is 5.28. The van der Waals surface area contributed by atoms with Crippen LogP contribution in [0.25, 0.3) is 0 Å². The minimum absolute atomic E-state index is 0.0424. The number of rotatable bonds is 10. The molecule has 1 heterocycles. The van der Waals surface area contributed by atoms with E-state index in [1.807, 2.05) is 6.07 Å². The topological polar surface area (TPSA) is 38.8 Å². The van der Waals surface area contributed by atoms with Crippen LogP contribution in [0.2, 0.25) is 0 Å². The standard InChI is InChI=1S/C20H32BNO3/c1-3-4-8-16(20(23)25-21)10-6-13-22-14-7-12-19(22)17-9-5-11-18(15-17)24-2/h5,9,11,15-16,19H,3-4,6-8,10,12-14,21H2,1-2H3. The molecular weight excluding hydrogens is 313 g/mol. The van der Waals surface area contributed by atoms with Gasteiger partial charge in [-0.3, -0.25) is 9.69 Å². The highest BCUT2D eigenvalue weighted by molar-refractivity contribution is 6.05. The van der Waals surface area contributed by atoms with Crippen LogP contribution in [0.3, 0.4) is 0 Å². The summed E-state index contributed by atoms with van der Waals surface area (Å²) in [7, 11) is 3.22. The van der Waals surface area contributed by atoms with Gasteiger partial charge in [-0.05, 0) is 62.9 Å². The van der Waals surface area contributed by atoms with Crippen LogP contribution in [-0.2, 0) is 9.45 Å². The van der Waals surface area contributed by atoms with E-state index in [2.05, 4.69) is 30.0 Å². The van der Waals surface area contributed by atoms with E-state index in [0.717, 1.165) is 50.9 Å². The first-order chi connectivity index (χ1) is 12.2. The molecule has 1 aliphatic rings. The van der Waals surface area contributed by atoms with Gasteiger partial charge in [0.05, 0.1) is 13.0 Å². The molecule has 0 saturated carbocycles. The largest absolute Gasteiger partial charge is 0.543 e. The first-order valence-electron chi connectivity index (χ1n) is 9.65. The molecule has 0 radical (unpaired) electrons. The summed E-state index contributed by atoms with van der Waals surface area (Å²) in [5.41, 5.74) is 1.34. The van der Waals surface area contributed by atoms with E-state index in [0.29, 0.717) is 6.04 Å². The van der Waals surface area contributed by atoms with Gasteiger partial charge in [-0.15, -0.1) is 0 Å². The number of hydrogen-bond acceptors (Lipinski definition) is 4. The average molecular weight is 345 g/mol. The predicted molar refractivity (Wildman–Crippen MR) is 103 cm³/mol. The van der Waals surface area contributed by atoms with Crippen molar-refractivity contribution in [2.24, 2.45) is 5.92 Å². The van der Waals surface area contributed by atoms with Crippen LogP contribution in [0, 0.1) is 5.92 Å². The van der Waals surface area contributed by atoms with Crippen molar-refractivity contribution in [2.45, 2.75) is 57.9 Å². The van der Waals surface area contributed by atoms with E-state index >= 15 is 0 Å². The van der Waals surface area contributed by atoms with Crippen molar-refractivity contribution in [1.29, 1.82) is 0 Å². The minimum Gasteiger partial charge on any atom is -0.543 e. The van der Waals surface area contributed by atoms with Crippen molar-refractivity contribution >= 4 is 14.0 Å². The second-order valence-corrected chi connectivity index (χ2v) is 6.98. The maximum absolute atomic E-state index is 12.0. The van der Waals surface area contributed by atoms with Gasteiger partial charge in [0.25, 0.3) is 5.97 Å². The molecule has 2 atom stereocenters. The fraction of sp³-hybridized carbons (Fsp3) is 0.650. The summed E-state index contributed by atoms with van der Waals surface area (Å²) in [5, 5.41) is 0. The summed E-state index contributed by atoms with van der Waals surface area (Å²) in [5.74, 6) is 0.941. The molecule has 25 heavy (non-hydrogen) atoms. The van der Waals surface area contributed by atoms with Crippen molar-refractivity contribution in [3.8, 4) is 5.75 Å². The van der Waals surface area contributed by atoms with Gasteiger partial charge in [-0.2, -0.15) is 0 Å². The molecule has 0 aliphatic carbocycles. The Hall–Kier alpha value is -1.49. The number of ether oxygens (including phenoxy) is 1. The monoisotopic (exact) mass is 345 g/mol. The molecule has 2 unspecified atom stereocenters. The van der Waals surface area contributed by atoms with Gasteiger partial charge in [-0.25, -0.2) is 0 Å². The Kier molecular flexibility index (Phi) is 8.33. The van der Waals surface area contributed by atoms with E-state index in [1.165, 1.54) is 26.5 Å². The van der Waals surface area contributed by atoms with Gasteiger partial charge in [0.2, 0.25) is 0 Å². The van der Waals surface area contributed by atoms with Gasteiger partial charge >= 0.3 is 8.05 Å². The minimum atomic E-state index is -0.0424. The van der Waals surface area contributed by atoms with E-state index in [1.54, 1.807) is 7.11 Å². The van der Waals surface area contributed by atoms with Gasteiger partial charge in [0.1, 0.15) is 5.75 Å². The van der Waals surface area contributed by atoms with Crippen LogP contribution in [0.5, 0.6) is 5.75 Å². The number of methoxy groups -OCH3 is 1. The van der Waals surface area contributed by atoms with E-state index in [-0.39, 0.29) is 11.9 Å². The van der Waals surface area contributed by atoms with Crippen molar-refractivity contribution in [1.82, 2.24) is 4.90 Å². The lowest BCUT2D eigenvalue weighted by atomic mass is 9.96. The van der Waals surface area contributed by atoms with Crippen LogP contribution in [0.1, 0.15) is 63.5 Å². The molecule has 0 aromatic heterocycles. The first kappa shape index (κ1) is 19.8. The van der Waals surface area contributed by atoms with Crippen molar-refractivity contribution in [2.75, 3.05) is 20.2 Å². The maximum Gasteiger partial charge on any atom is 0.325 e. The Morgan fingerprint density at radius 3 is 2.88 bits per heavy atom. The molecule has 1 aromatic carbocycles. The highest BCUT2D eigenvalue weighted by Gasteiger charge is 2.26. The normalized spacial score (nSPS) is 18.9. The molecule has 4 nitrogen and oxygen atoms in total. The van der Waals surface area contributed by atoms with Crippen LogP contribution in [0.15, 0.2) is 24.3 Å². The molecule has 5 heteroatoms. The zero-order valence-electron chi connectivity index (χ0n) is 16.0. The third-order valence-corrected chi connectivity index (χ3v) is 5.28. The molecule has 138 valence electrons. The highest BCUT2D eigenvalue weighted by atomic mass is 16.5. The zero-order chi connectivity index (χ0) is 18.1. The predicted octanol–water partition coefficient (Wildman–Crippen LogP) is 3.51. The first-order valence-corrected chi connectivity index (χ1v) is 9.65. The summed E-state index contributed by atoms with van der Waals surface area (Å²) in [6, 6.07) is 8.90. The zero-order valence-corrected chi connectivity index (χ0v) is 16.0. The van der Waals surface area contributed by atoms with Gasteiger partial charge in [-0.1, -0.05) is 31.9 Å². The lowest BCUT2D eigenvalue weighted by molar-refractivity contribution is -0.139. The Morgan fingerprint density at radius 2 is 2.16 bits per heavy atom. The van der Waals surface area contributed by atoms with Gasteiger partial charge < -0.3 is 9.39 Å². The number of carbonyl (C=O) groups is 1. The van der Waals surface area contributed by atoms with Crippen LogP contribution < -0.4 is 4.74 Å². The molecule has 1 aliphatic heterocycles. The lowest BCUT2D eigenvalue weighted by Crippen LogP contribution is -2.26. The molecule has 0 spiro atoms. The van der Waals surface area contributed by atoms with Crippen LogP contribution >= 0.6 is 0 Å². The third kappa shape index (κ3) is 5.77. The van der Waals surface area contributed by atoms with Gasteiger partial charge in [0, 0.05) is 6.04 Å². The SMILES string of the molecule is BOC(=O)C(CCCC)CCCN1CCCC1c1cccc(OC)c1. The molecule has 0 amide bonds. The van der Waals surface area contributed by atoms with E-state index < -0.39 is 0 Å². The number of nitrogens with zero attached hydrogens (tertiary/aromatic N) is 1. The molecule has 0 bridgehead atoms. The smallest absolute Gasteiger partial charge is 0.325 e. The fourth-order valence-corrected chi connectivity index (χ4v) is 3.86. The number of hydrogen-bond donors (Lipinski definition) is 0. The Labute approximate surface area is 153 Å². The summed E-state index contributed by atoms with van der Waals surface area (Å²) in [6.07, 6.45) is 7.56. The Bertz CT molecular complexity index is 537. The quantitative estimate of drug-likeness (QED) is 0.609. The van der Waals surface area contributed by atoms with E-state index in [4.69, 9.17) is 9.39 Å².